The van der Waals surface area contributed by atoms with Gasteiger partial charge in [-0.3, -0.25) is 4.79 Å². The molecule has 1 aromatic rings. The minimum Gasteiger partial charge on any atom is -0.480 e. The lowest BCUT2D eigenvalue weighted by Crippen LogP contribution is -2.53. The Morgan fingerprint density at radius 3 is 2.24 bits per heavy atom. The molecule has 1 aromatic carbocycles. The Labute approximate surface area is 126 Å². The Hall–Kier alpha value is -1.84. The molecule has 4 nitrogen and oxygen atoms in total. The molecule has 0 saturated heterocycles. The highest BCUT2D eigenvalue weighted by molar-refractivity contribution is 5.90. The molecule has 1 amide bonds. The van der Waals surface area contributed by atoms with Gasteiger partial charge in [-0.1, -0.05) is 57.5 Å². The summed E-state index contributed by atoms with van der Waals surface area (Å²) >= 11 is 0. The molecular formula is C17H25NO3. The normalized spacial score (nSPS) is 16.6. The summed E-state index contributed by atoms with van der Waals surface area (Å²) in [6.07, 6.45) is 1.19. The summed E-state index contributed by atoms with van der Waals surface area (Å²) < 4.78 is 0. The van der Waals surface area contributed by atoms with E-state index in [-0.39, 0.29) is 17.7 Å². The second kappa shape index (κ2) is 7.25. The van der Waals surface area contributed by atoms with Crippen LogP contribution in [0.1, 0.15) is 52.0 Å². The van der Waals surface area contributed by atoms with Crippen LogP contribution < -0.4 is 5.32 Å². The largest absolute Gasteiger partial charge is 0.480 e. The topological polar surface area (TPSA) is 66.4 Å². The molecule has 0 radical (unpaired) electrons. The summed E-state index contributed by atoms with van der Waals surface area (Å²) in [5, 5.41) is 12.0. The van der Waals surface area contributed by atoms with Gasteiger partial charge < -0.3 is 10.4 Å². The number of benzene rings is 1. The molecule has 0 saturated carbocycles. The molecule has 0 aliphatic heterocycles. The average Bonchev–Trinajstić information content (AvgIpc) is 2.47. The number of nitrogens with one attached hydrogen (secondary N) is 1. The number of carbonyl (C=O) groups is 2. The van der Waals surface area contributed by atoms with Crippen LogP contribution in [0.25, 0.3) is 0 Å². The lowest BCUT2D eigenvalue weighted by atomic mass is 9.84. The first-order valence-electron chi connectivity index (χ1n) is 7.46. The van der Waals surface area contributed by atoms with E-state index in [0.29, 0.717) is 6.42 Å². The molecule has 2 N–H and O–H groups in total. The first-order chi connectivity index (χ1) is 9.85. The SMILES string of the molecule is CCC(C)C(C(=O)NC(C)(CC)C(=O)O)c1ccccc1. The van der Waals surface area contributed by atoms with E-state index in [1.54, 1.807) is 13.8 Å². The van der Waals surface area contributed by atoms with Crippen LogP contribution in [0.5, 0.6) is 0 Å². The highest BCUT2D eigenvalue weighted by atomic mass is 16.4. The fourth-order valence-corrected chi connectivity index (χ4v) is 2.28. The number of carboxylic acids is 1. The zero-order valence-corrected chi connectivity index (χ0v) is 13.2. The first-order valence-corrected chi connectivity index (χ1v) is 7.46. The van der Waals surface area contributed by atoms with Crippen molar-refractivity contribution in [1.82, 2.24) is 5.32 Å². The van der Waals surface area contributed by atoms with Crippen LogP contribution >= 0.6 is 0 Å². The molecule has 4 heteroatoms. The molecule has 3 unspecified atom stereocenters. The van der Waals surface area contributed by atoms with Gasteiger partial charge in [0.2, 0.25) is 5.91 Å². The summed E-state index contributed by atoms with van der Waals surface area (Å²) in [6, 6.07) is 9.53. The zero-order chi connectivity index (χ0) is 16.0. The van der Waals surface area contributed by atoms with Crippen molar-refractivity contribution in [3.05, 3.63) is 35.9 Å². The molecule has 116 valence electrons. The van der Waals surface area contributed by atoms with E-state index in [1.807, 2.05) is 44.2 Å². The van der Waals surface area contributed by atoms with Gasteiger partial charge in [0.05, 0.1) is 5.92 Å². The lowest BCUT2D eigenvalue weighted by molar-refractivity contribution is -0.147. The molecule has 0 aliphatic carbocycles. The van der Waals surface area contributed by atoms with Gasteiger partial charge in [-0.2, -0.15) is 0 Å². The van der Waals surface area contributed by atoms with Crippen LogP contribution in [-0.4, -0.2) is 22.5 Å². The Balaban J connectivity index is 3.05. The second-order valence-electron chi connectivity index (χ2n) is 5.75. The number of hydrogen-bond donors (Lipinski definition) is 2. The van der Waals surface area contributed by atoms with E-state index in [9.17, 15) is 14.7 Å². The summed E-state index contributed by atoms with van der Waals surface area (Å²) in [5.74, 6) is -1.42. The maximum absolute atomic E-state index is 12.6. The molecular weight excluding hydrogens is 266 g/mol. The van der Waals surface area contributed by atoms with Gasteiger partial charge in [-0.15, -0.1) is 0 Å². The van der Waals surface area contributed by atoms with Gasteiger partial charge in [0, 0.05) is 0 Å². The third kappa shape index (κ3) is 4.06. The zero-order valence-electron chi connectivity index (χ0n) is 13.2. The number of amides is 1. The van der Waals surface area contributed by atoms with E-state index >= 15 is 0 Å². The van der Waals surface area contributed by atoms with E-state index in [2.05, 4.69) is 5.32 Å². The number of carboxylic acid groups (broad SMARTS) is 1. The number of aliphatic carboxylic acids is 1. The Morgan fingerprint density at radius 1 is 1.24 bits per heavy atom. The first kappa shape index (κ1) is 17.2. The van der Waals surface area contributed by atoms with Crippen LogP contribution in [-0.2, 0) is 9.59 Å². The van der Waals surface area contributed by atoms with Crippen LogP contribution in [0, 0.1) is 5.92 Å². The van der Waals surface area contributed by atoms with Crippen molar-refractivity contribution in [2.45, 2.75) is 52.0 Å². The summed E-state index contributed by atoms with van der Waals surface area (Å²) in [4.78, 5) is 24.0. The van der Waals surface area contributed by atoms with E-state index in [0.717, 1.165) is 12.0 Å². The summed E-state index contributed by atoms with van der Waals surface area (Å²) in [7, 11) is 0. The molecule has 0 spiro atoms. The van der Waals surface area contributed by atoms with E-state index in [4.69, 9.17) is 0 Å². The van der Waals surface area contributed by atoms with Gasteiger partial charge >= 0.3 is 5.97 Å². The summed E-state index contributed by atoms with van der Waals surface area (Å²) in [6.45, 7) is 7.35. The van der Waals surface area contributed by atoms with Crippen LogP contribution in [0.4, 0.5) is 0 Å². The van der Waals surface area contributed by atoms with Gasteiger partial charge in [-0.25, -0.2) is 4.79 Å². The van der Waals surface area contributed by atoms with Crippen molar-refractivity contribution in [2.24, 2.45) is 5.92 Å². The van der Waals surface area contributed by atoms with Crippen LogP contribution in [0.2, 0.25) is 0 Å². The Kier molecular flexibility index (Phi) is 5.94. The third-order valence-electron chi connectivity index (χ3n) is 4.23. The predicted molar refractivity (Wildman–Crippen MR) is 83.1 cm³/mol. The molecule has 0 heterocycles. The van der Waals surface area contributed by atoms with E-state index in [1.165, 1.54) is 0 Å². The average molecular weight is 291 g/mol. The maximum Gasteiger partial charge on any atom is 0.329 e. The van der Waals surface area contributed by atoms with Crippen LogP contribution in [0.3, 0.4) is 0 Å². The monoisotopic (exact) mass is 291 g/mol. The molecule has 3 atom stereocenters. The molecule has 21 heavy (non-hydrogen) atoms. The molecule has 0 aromatic heterocycles. The van der Waals surface area contributed by atoms with Crippen molar-refractivity contribution in [3.63, 3.8) is 0 Å². The number of rotatable bonds is 7. The van der Waals surface area contributed by atoms with Gasteiger partial charge in [0.1, 0.15) is 5.54 Å². The molecule has 0 bridgehead atoms. The van der Waals surface area contributed by atoms with Crippen molar-refractivity contribution < 1.29 is 14.7 Å². The van der Waals surface area contributed by atoms with Crippen molar-refractivity contribution >= 4 is 11.9 Å². The fraction of sp³-hybridized carbons (Fsp3) is 0.529. The second-order valence-corrected chi connectivity index (χ2v) is 5.75. The number of carbonyl (C=O) groups excluding carboxylic acids is 1. The van der Waals surface area contributed by atoms with Gasteiger partial charge in [0.25, 0.3) is 0 Å². The highest BCUT2D eigenvalue weighted by Gasteiger charge is 2.36. The third-order valence-corrected chi connectivity index (χ3v) is 4.23. The van der Waals surface area contributed by atoms with Crippen molar-refractivity contribution in [2.75, 3.05) is 0 Å². The highest BCUT2D eigenvalue weighted by Crippen LogP contribution is 2.28. The lowest BCUT2D eigenvalue weighted by Gasteiger charge is -2.30. The molecule has 0 aliphatic rings. The summed E-state index contributed by atoms with van der Waals surface area (Å²) in [5.41, 5.74) is -0.300. The quantitative estimate of drug-likeness (QED) is 0.810. The Morgan fingerprint density at radius 2 is 1.81 bits per heavy atom. The minimum atomic E-state index is -1.22. The standard InChI is InChI=1S/C17H25NO3/c1-5-12(3)14(13-10-8-7-9-11-13)15(19)18-17(4,6-2)16(20)21/h7-12,14H,5-6H2,1-4H3,(H,18,19)(H,20,21). The molecule has 1 rings (SSSR count). The predicted octanol–water partition coefficient (Wildman–Crippen LogP) is 3.19. The maximum atomic E-state index is 12.6. The number of hydrogen-bond acceptors (Lipinski definition) is 2. The Bertz CT molecular complexity index is 486. The van der Waals surface area contributed by atoms with Gasteiger partial charge in [0.15, 0.2) is 0 Å². The van der Waals surface area contributed by atoms with Crippen molar-refractivity contribution in [3.8, 4) is 0 Å². The van der Waals surface area contributed by atoms with Crippen molar-refractivity contribution in [1.29, 1.82) is 0 Å². The smallest absolute Gasteiger partial charge is 0.329 e. The molecule has 0 fully saturated rings. The minimum absolute atomic E-state index is 0.141. The van der Waals surface area contributed by atoms with Crippen LogP contribution in [0.15, 0.2) is 30.3 Å². The van der Waals surface area contributed by atoms with Gasteiger partial charge in [-0.05, 0) is 24.8 Å². The van der Waals surface area contributed by atoms with E-state index < -0.39 is 11.5 Å². The fourth-order valence-electron chi connectivity index (χ4n) is 2.28.